The van der Waals surface area contributed by atoms with Gasteiger partial charge >= 0.3 is 0 Å². The predicted molar refractivity (Wildman–Crippen MR) is 78.2 cm³/mol. The molecule has 0 unspecified atom stereocenters. The zero-order valence-electron chi connectivity index (χ0n) is 10.3. The Morgan fingerprint density at radius 3 is 2.19 bits per heavy atom. The van der Waals surface area contributed by atoms with E-state index in [9.17, 15) is 0 Å². The highest BCUT2D eigenvalue weighted by Crippen LogP contribution is 2.26. The van der Waals surface area contributed by atoms with Crippen molar-refractivity contribution in [1.29, 1.82) is 0 Å². The van der Waals surface area contributed by atoms with E-state index in [1.165, 1.54) is 36.8 Å². The van der Waals surface area contributed by atoms with Crippen LogP contribution in [-0.2, 0) is 12.8 Å². The molecular formula is C14H22S2. The molecule has 0 N–H and O–H groups in total. The highest BCUT2D eigenvalue weighted by molar-refractivity contribution is 7.81. The first-order valence-corrected chi connectivity index (χ1v) is 7.12. The lowest BCUT2D eigenvalue weighted by Gasteiger charge is -2.13. The van der Waals surface area contributed by atoms with E-state index >= 15 is 0 Å². The minimum absolute atomic E-state index is 1.04. The fraction of sp³-hybridized carbons (Fsp3) is 0.571. The third-order valence-electron chi connectivity index (χ3n) is 2.88. The van der Waals surface area contributed by atoms with E-state index in [4.69, 9.17) is 0 Å². The number of thiol groups is 2. The van der Waals surface area contributed by atoms with E-state index in [1.807, 2.05) is 0 Å². The summed E-state index contributed by atoms with van der Waals surface area (Å²) in [5.74, 6) is 0. The van der Waals surface area contributed by atoms with Crippen molar-refractivity contribution in [3.8, 4) is 0 Å². The van der Waals surface area contributed by atoms with Gasteiger partial charge in [-0.05, 0) is 48.9 Å². The van der Waals surface area contributed by atoms with Crippen LogP contribution in [0.2, 0.25) is 0 Å². The van der Waals surface area contributed by atoms with Crippen LogP contribution in [0.3, 0.4) is 0 Å². The molecule has 0 aliphatic carbocycles. The number of benzene rings is 1. The summed E-state index contributed by atoms with van der Waals surface area (Å²) in [6.07, 6.45) is 7.30. The molecule has 1 aromatic carbocycles. The second-order valence-corrected chi connectivity index (χ2v) is 5.31. The number of unbranched alkanes of at least 4 members (excludes halogenated alkanes) is 2. The van der Waals surface area contributed by atoms with Crippen molar-refractivity contribution in [2.45, 2.75) is 62.2 Å². The summed E-state index contributed by atoms with van der Waals surface area (Å²) in [7, 11) is 0. The Labute approximate surface area is 111 Å². The van der Waals surface area contributed by atoms with Gasteiger partial charge in [-0.3, -0.25) is 0 Å². The fourth-order valence-electron chi connectivity index (χ4n) is 1.93. The van der Waals surface area contributed by atoms with Crippen molar-refractivity contribution in [1.82, 2.24) is 0 Å². The topological polar surface area (TPSA) is 0 Å². The van der Waals surface area contributed by atoms with Crippen molar-refractivity contribution in [2.75, 3.05) is 0 Å². The smallest absolute Gasteiger partial charge is 0.00858 e. The van der Waals surface area contributed by atoms with Gasteiger partial charge in [0.05, 0.1) is 0 Å². The molecule has 0 amide bonds. The van der Waals surface area contributed by atoms with E-state index in [-0.39, 0.29) is 0 Å². The van der Waals surface area contributed by atoms with Gasteiger partial charge in [-0.15, -0.1) is 25.3 Å². The first-order valence-electron chi connectivity index (χ1n) is 6.22. The van der Waals surface area contributed by atoms with Gasteiger partial charge in [0.25, 0.3) is 0 Å². The molecule has 16 heavy (non-hydrogen) atoms. The zero-order chi connectivity index (χ0) is 12.0. The first-order chi connectivity index (χ1) is 7.69. The number of rotatable bonds is 6. The molecule has 0 saturated heterocycles. The van der Waals surface area contributed by atoms with Crippen LogP contribution in [0.15, 0.2) is 21.9 Å². The van der Waals surface area contributed by atoms with Crippen LogP contribution in [0.4, 0.5) is 0 Å². The summed E-state index contributed by atoms with van der Waals surface area (Å²) in [6.45, 7) is 4.47. The van der Waals surface area contributed by atoms with Crippen molar-refractivity contribution in [3.05, 3.63) is 23.3 Å². The molecule has 0 aromatic heterocycles. The number of aryl methyl sites for hydroxylation is 1. The second kappa shape index (κ2) is 7.29. The van der Waals surface area contributed by atoms with Crippen LogP contribution in [0.25, 0.3) is 0 Å². The van der Waals surface area contributed by atoms with E-state index in [2.05, 4.69) is 51.2 Å². The van der Waals surface area contributed by atoms with Gasteiger partial charge in [-0.25, -0.2) is 0 Å². The number of hydrogen-bond acceptors (Lipinski definition) is 2. The van der Waals surface area contributed by atoms with Crippen molar-refractivity contribution in [3.63, 3.8) is 0 Å². The molecule has 0 bridgehead atoms. The summed E-state index contributed by atoms with van der Waals surface area (Å²) in [5.41, 5.74) is 2.89. The third kappa shape index (κ3) is 4.06. The molecular weight excluding hydrogens is 232 g/mol. The van der Waals surface area contributed by atoms with Gasteiger partial charge in [-0.1, -0.05) is 26.7 Å². The normalized spacial score (nSPS) is 10.8. The Balaban J connectivity index is 2.91. The van der Waals surface area contributed by atoms with Crippen LogP contribution in [0.5, 0.6) is 0 Å². The van der Waals surface area contributed by atoms with Gasteiger partial charge < -0.3 is 0 Å². The molecule has 0 aliphatic heterocycles. The Kier molecular flexibility index (Phi) is 6.37. The third-order valence-corrected chi connectivity index (χ3v) is 3.54. The van der Waals surface area contributed by atoms with E-state index in [0.29, 0.717) is 0 Å². The van der Waals surface area contributed by atoms with Crippen molar-refractivity contribution in [2.24, 2.45) is 0 Å². The van der Waals surface area contributed by atoms with Crippen LogP contribution < -0.4 is 0 Å². The lowest BCUT2D eigenvalue weighted by atomic mass is 9.98. The lowest BCUT2D eigenvalue weighted by molar-refractivity contribution is 0.746. The minimum Gasteiger partial charge on any atom is -0.143 e. The van der Waals surface area contributed by atoms with Crippen molar-refractivity contribution >= 4 is 25.3 Å². The maximum Gasteiger partial charge on any atom is 0.00858 e. The summed E-state index contributed by atoms with van der Waals surface area (Å²) in [5, 5.41) is 0. The Morgan fingerprint density at radius 1 is 0.938 bits per heavy atom. The molecule has 2 heteroatoms. The van der Waals surface area contributed by atoms with Gasteiger partial charge in [0.15, 0.2) is 0 Å². The average Bonchev–Trinajstić information content (AvgIpc) is 2.24. The van der Waals surface area contributed by atoms with Gasteiger partial charge in [0, 0.05) is 9.79 Å². The Bertz CT molecular complexity index is 332. The Morgan fingerprint density at radius 2 is 1.56 bits per heavy atom. The summed E-state index contributed by atoms with van der Waals surface area (Å²) < 4.78 is 0. The summed E-state index contributed by atoms with van der Waals surface area (Å²) in [4.78, 5) is 2.16. The molecule has 0 radical (unpaired) electrons. The molecule has 0 atom stereocenters. The second-order valence-electron chi connectivity index (χ2n) is 4.31. The van der Waals surface area contributed by atoms with Gasteiger partial charge in [-0.2, -0.15) is 0 Å². The molecule has 0 spiro atoms. The van der Waals surface area contributed by atoms with E-state index in [0.717, 1.165) is 22.6 Å². The van der Waals surface area contributed by atoms with Crippen molar-refractivity contribution < 1.29 is 0 Å². The fourth-order valence-corrected chi connectivity index (χ4v) is 2.71. The molecule has 0 fully saturated rings. The maximum absolute atomic E-state index is 4.58. The molecule has 1 rings (SSSR count). The van der Waals surface area contributed by atoms with Crippen LogP contribution in [-0.4, -0.2) is 0 Å². The van der Waals surface area contributed by atoms with Gasteiger partial charge in [0.2, 0.25) is 0 Å². The summed E-state index contributed by atoms with van der Waals surface area (Å²) in [6, 6.07) is 4.27. The molecule has 0 heterocycles. The molecule has 1 aromatic rings. The van der Waals surface area contributed by atoms with Crippen LogP contribution in [0.1, 0.15) is 50.7 Å². The van der Waals surface area contributed by atoms with Crippen LogP contribution in [0, 0.1) is 0 Å². The largest absolute Gasteiger partial charge is 0.143 e. The minimum atomic E-state index is 1.04. The molecule has 0 nitrogen and oxygen atoms in total. The first kappa shape index (κ1) is 14.0. The van der Waals surface area contributed by atoms with E-state index < -0.39 is 0 Å². The number of hydrogen-bond donors (Lipinski definition) is 2. The SMILES string of the molecule is CCCCc1cc(S)cc(S)c1CCCC. The molecule has 0 aliphatic rings. The molecule has 90 valence electrons. The summed E-state index contributed by atoms with van der Waals surface area (Å²) >= 11 is 9.02. The zero-order valence-corrected chi connectivity index (χ0v) is 12.1. The monoisotopic (exact) mass is 254 g/mol. The standard InChI is InChI=1S/C14H22S2/c1-3-5-7-11-9-12(15)10-14(16)13(11)8-6-4-2/h9-10,15-16H,3-8H2,1-2H3. The predicted octanol–water partition coefficient (Wildman–Crippen LogP) is 4.95. The highest BCUT2D eigenvalue weighted by atomic mass is 32.1. The van der Waals surface area contributed by atoms with E-state index in [1.54, 1.807) is 0 Å². The van der Waals surface area contributed by atoms with Gasteiger partial charge in [0.1, 0.15) is 0 Å². The lowest BCUT2D eigenvalue weighted by Crippen LogP contribution is -1.97. The maximum atomic E-state index is 4.58. The average molecular weight is 254 g/mol. The quantitative estimate of drug-likeness (QED) is 0.659. The highest BCUT2D eigenvalue weighted by Gasteiger charge is 2.07. The Hall–Kier alpha value is -0.0800. The van der Waals surface area contributed by atoms with Crippen LogP contribution >= 0.6 is 25.3 Å². The molecule has 0 saturated carbocycles.